The number of nitrogens with zero attached hydrogens (tertiary/aromatic N) is 2. The summed E-state index contributed by atoms with van der Waals surface area (Å²) in [6.45, 7) is 3.18. The molecule has 0 bridgehead atoms. The number of allylic oxidation sites excluding steroid dienone is 4. The van der Waals surface area contributed by atoms with E-state index >= 15 is 0 Å². The average molecular weight is 287 g/mol. The molecule has 0 fully saturated rings. The summed E-state index contributed by atoms with van der Waals surface area (Å²) < 4.78 is 1.46. The van der Waals surface area contributed by atoms with Crippen LogP contribution in [0.4, 0.5) is 0 Å². The second-order valence-electron chi connectivity index (χ2n) is 4.13. The molecule has 0 amide bonds. The normalized spacial score (nSPS) is 19.4. The van der Waals surface area contributed by atoms with Crippen molar-refractivity contribution in [3.63, 3.8) is 0 Å². The van der Waals surface area contributed by atoms with Gasteiger partial charge in [-0.1, -0.05) is 29.3 Å². The molecule has 0 radical (unpaired) electrons. The molecule has 1 atom stereocenters. The summed E-state index contributed by atoms with van der Waals surface area (Å²) in [4.78, 5) is 16.1. The molecule has 18 heavy (non-hydrogen) atoms. The molecular formula is C12H12Cl2N2O2. The Labute approximate surface area is 114 Å². The van der Waals surface area contributed by atoms with Crippen LogP contribution in [0.5, 0.6) is 5.88 Å². The van der Waals surface area contributed by atoms with Gasteiger partial charge in [-0.05, 0) is 26.3 Å². The van der Waals surface area contributed by atoms with E-state index in [1.165, 1.54) is 11.5 Å². The molecule has 0 saturated carbocycles. The molecule has 6 heteroatoms. The first-order valence-corrected chi connectivity index (χ1v) is 6.19. The predicted molar refractivity (Wildman–Crippen MR) is 71.2 cm³/mol. The third kappa shape index (κ3) is 2.06. The summed E-state index contributed by atoms with van der Waals surface area (Å²) in [5, 5.41) is 10.3. The van der Waals surface area contributed by atoms with E-state index < -0.39 is 0 Å². The fourth-order valence-electron chi connectivity index (χ4n) is 1.94. The Morgan fingerprint density at radius 3 is 2.78 bits per heavy atom. The maximum atomic E-state index is 12.2. The zero-order chi connectivity index (χ0) is 13.4. The van der Waals surface area contributed by atoms with E-state index in [9.17, 15) is 9.90 Å². The number of hydrogen-bond acceptors (Lipinski definition) is 3. The minimum Gasteiger partial charge on any atom is -0.493 e. The molecule has 2 rings (SSSR count). The first-order chi connectivity index (χ1) is 8.43. The molecule has 1 aliphatic rings. The summed E-state index contributed by atoms with van der Waals surface area (Å²) in [5.41, 5.74) is -0.0985. The highest BCUT2D eigenvalue weighted by Gasteiger charge is 2.23. The molecule has 1 heterocycles. The Morgan fingerprint density at radius 2 is 2.11 bits per heavy atom. The van der Waals surface area contributed by atoms with Crippen LogP contribution in [0.3, 0.4) is 0 Å². The summed E-state index contributed by atoms with van der Waals surface area (Å²) in [6, 6.07) is -0.358. The molecule has 0 saturated heterocycles. The zero-order valence-electron chi connectivity index (χ0n) is 9.94. The molecule has 0 aromatic carbocycles. The van der Waals surface area contributed by atoms with Gasteiger partial charge in [0.1, 0.15) is 5.82 Å². The summed E-state index contributed by atoms with van der Waals surface area (Å²) >= 11 is 12.1. The summed E-state index contributed by atoms with van der Waals surface area (Å²) in [6.07, 6.45) is 4.14. The van der Waals surface area contributed by atoms with Gasteiger partial charge in [0, 0.05) is 0 Å². The first-order valence-electron chi connectivity index (χ1n) is 5.44. The van der Waals surface area contributed by atoms with E-state index in [4.69, 9.17) is 23.2 Å². The second-order valence-corrected chi connectivity index (χ2v) is 4.95. The topological polar surface area (TPSA) is 55.1 Å². The Kier molecular flexibility index (Phi) is 3.50. The number of rotatable bonds is 1. The number of aromatic nitrogens is 2. The van der Waals surface area contributed by atoms with Gasteiger partial charge < -0.3 is 5.11 Å². The molecule has 1 aromatic heterocycles. The van der Waals surface area contributed by atoms with Gasteiger partial charge in [-0.15, -0.1) is 0 Å². The van der Waals surface area contributed by atoms with Crippen LogP contribution in [0.25, 0.3) is 0 Å². The van der Waals surface area contributed by atoms with E-state index in [1.807, 2.05) is 6.08 Å². The molecule has 0 aliphatic heterocycles. The average Bonchev–Trinajstić information content (AvgIpc) is 2.32. The molecule has 1 aromatic rings. The van der Waals surface area contributed by atoms with Crippen LogP contribution in [0.1, 0.15) is 23.9 Å². The fourth-order valence-corrected chi connectivity index (χ4v) is 2.41. The van der Waals surface area contributed by atoms with Gasteiger partial charge in [-0.25, -0.2) is 4.98 Å². The monoisotopic (exact) mass is 286 g/mol. The van der Waals surface area contributed by atoms with E-state index in [0.29, 0.717) is 22.3 Å². The van der Waals surface area contributed by atoms with Gasteiger partial charge in [0.15, 0.2) is 0 Å². The number of hydrogen-bond donors (Lipinski definition) is 1. The molecule has 1 N–H and O–H groups in total. The van der Waals surface area contributed by atoms with Gasteiger partial charge >= 0.3 is 0 Å². The van der Waals surface area contributed by atoms with E-state index in [-0.39, 0.29) is 23.0 Å². The van der Waals surface area contributed by atoms with Crippen LogP contribution in [0, 0.1) is 13.8 Å². The van der Waals surface area contributed by atoms with Crippen molar-refractivity contribution in [2.24, 2.45) is 0 Å². The maximum absolute atomic E-state index is 12.2. The van der Waals surface area contributed by atoms with Crippen LogP contribution in [-0.2, 0) is 0 Å². The molecule has 1 unspecified atom stereocenters. The molecule has 4 nitrogen and oxygen atoms in total. The van der Waals surface area contributed by atoms with Crippen LogP contribution in [-0.4, -0.2) is 14.7 Å². The standard InChI is InChI=1S/C12H12Cl2N2O2/c1-6-11(17)15-7(2)16(12(6)18)9-5-3-4-8(13)10(9)14/h3-4,9,17H,5H2,1-2H3. The van der Waals surface area contributed by atoms with Crippen molar-refractivity contribution in [1.29, 1.82) is 0 Å². The Hall–Kier alpha value is -1.26. The number of halogens is 2. The quantitative estimate of drug-likeness (QED) is 0.864. The number of aromatic hydroxyl groups is 1. The highest BCUT2D eigenvalue weighted by Crippen LogP contribution is 2.34. The second kappa shape index (κ2) is 4.78. The lowest BCUT2D eigenvalue weighted by Crippen LogP contribution is -2.30. The van der Waals surface area contributed by atoms with Crippen molar-refractivity contribution in [3.05, 3.63) is 44.0 Å². The van der Waals surface area contributed by atoms with Crippen LogP contribution < -0.4 is 5.56 Å². The largest absolute Gasteiger partial charge is 0.493 e. The van der Waals surface area contributed by atoms with Crippen molar-refractivity contribution < 1.29 is 5.11 Å². The Bertz CT molecular complexity index is 617. The van der Waals surface area contributed by atoms with Gasteiger partial charge in [-0.2, -0.15) is 0 Å². The van der Waals surface area contributed by atoms with Crippen molar-refractivity contribution in [2.75, 3.05) is 0 Å². The maximum Gasteiger partial charge on any atom is 0.260 e. The molecule has 96 valence electrons. The highest BCUT2D eigenvalue weighted by molar-refractivity contribution is 6.40. The van der Waals surface area contributed by atoms with Crippen molar-refractivity contribution in [2.45, 2.75) is 26.3 Å². The fraction of sp³-hybridized carbons (Fsp3) is 0.333. The summed E-state index contributed by atoms with van der Waals surface area (Å²) in [7, 11) is 0. The minimum absolute atomic E-state index is 0.204. The highest BCUT2D eigenvalue weighted by atomic mass is 35.5. The first kappa shape index (κ1) is 13.2. The third-order valence-electron chi connectivity index (χ3n) is 2.95. The van der Waals surface area contributed by atoms with Gasteiger partial charge in [0.25, 0.3) is 5.56 Å². The van der Waals surface area contributed by atoms with Crippen molar-refractivity contribution in [3.8, 4) is 5.88 Å². The number of aryl methyl sites for hydroxylation is 1. The van der Waals surface area contributed by atoms with E-state index in [2.05, 4.69) is 4.98 Å². The molecular weight excluding hydrogens is 275 g/mol. The van der Waals surface area contributed by atoms with Gasteiger partial charge in [0.05, 0.1) is 21.7 Å². The van der Waals surface area contributed by atoms with Crippen molar-refractivity contribution in [1.82, 2.24) is 9.55 Å². The Morgan fingerprint density at radius 1 is 1.44 bits per heavy atom. The minimum atomic E-state index is -0.358. The predicted octanol–water partition coefficient (Wildman–Crippen LogP) is 2.76. The van der Waals surface area contributed by atoms with E-state index in [1.54, 1.807) is 13.0 Å². The smallest absolute Gasteiger partial charge is 0.260 e. The van der Waals surface area contributed by atoms with Crippen molar-refractivity contribution >= 4 is 23.2 Å². The van der Waals surface area contributed by atoms with Gasteiger partial charge in [0.2, 0.25) is 5.88 Å². The Balaban J connectivity index is 2.64. The third-order valence-corrected chi connectivity index (χ3v) is 3.83. The lowest BCUT2D eigenvalue weighted by Gasteiger charge is -2.23. The lowest BCUT2D eigenvalue weighted by molar-refractivity contribution is 0.431. The summed E-state index contributed by atoms with van der Waals surface area (Å²) in [5.74, 6) is 0.164. The van der Waals surface area contributed by atoms with Crippen LogP contribution in [0.15, 0.2) is 27.0 Å². The van der Waals surface area contributed by atoms with Gasteiger partial charge in [-0.3, -0.25) is 9.36 Å². The van der Waals surface area contributed by atoms with Crippen LogP contribution >= 0.6 is 23.2 Å². The molecule has 1 aliphatic carbocycles. The lowest BCUT2D eigenvalue weighted by atomic mass is 10.1. The molecule has 0 spiro atoms. The SMILES string of the molecule is Cc1c(O)nc(C)n(C2CC=CC(Cl)=C2Cl)c1=O. The zero-order valence-corrected chi connectivity index (χ0v) is 11.5. The van der Waals surface area contributed by atoms with Crippen LogP contribution in [0.2, 0.25) is 0 Å². The van der Waals surface area contributed by atoms with E-state index in [0.717, 1.165) is 0 Å².